The maximum atomic E-state index is 13.7. The van der Waals surface area contributed by atoms with Crippen LogP contribution in [0.1, 0.15) is 37.0 Å². The summed E-state index contributed by atoms with van der Waals surface area (Å²) in [6, 6.07) is 3.84. The van der Waals surface area contributed by atoms with E-state index in [2.05, 4.69) is 16.8 Å². The molecule has 0 saturated carbocycles. The van der Waals surface area contributed by atoms with Crippen LogP contribution in [-0.4, -0.2) is 43.2 Å². The molecule has 20 heavy (non-hydrogen) atoms. The molecule has 112 valence electrons. The predicted octanol–water partition coefficient (Wildman–Crippen LogP) is 2.72. The highest BCUT2D eigenvalue weighted by molar-refractivity contribution is 5.56. The Bertz CT molecular complexity index is 476. The summed E-state index contributed by atoms with van der Waals surface area (Å²) in [4.78, 5) is 4.51. The summed E-state index contributed by atoms with van der Waals surface area (Å²) in [5.41, 5.74) is 2.21. The number of hydrogen-bond donors (Lipinski definition) is 1. The number of anilines is 1. The van der Waals surface area contributed by atoms with Crippen molar-refractivity contribution in [3.05, 3.63) is 29.1 Å². The molecule has 1 aliphatic rings. The fraction of sp³-hybridized carbons (Fsp3) is 0.625. The van der Waals surface area contributed by atoms with Gasteiger partial charge in [-0.3, -0.25) is 0 Å². The van der Waals surface area contributed by atoms with E-state index in [-0.39, 0.29) is 5.82 Å². The second kappa shape index (κ2) is 6.10. The van der Waals surface area contributed by atoms with Crippen LogP contribution in [0.5, 0.6) is 0 Å². The van der Waals surface area contributed by atoms with Crippen molar-refractivity contribution >= 4 is 5.69 Å². The van der Waals surface area contributed by atoms with Crippen molar-refractivity contribution in [3.8, 4) is 0 Å². The molecule has 3 nitrogen and oxygen atoms in total. The molecule has 0 amide bonds. The lowest BCUT2D eigenvalue weighted by Gasteiger charge is -2.29. The Morgan fingerprint density at radius 2 is 2.20 bits per heavy atom. The smallest absolute Gasteiger partial charge is 0.126 e. The van der Waals surface area contributed by atoms with E-state index in [1.54, 1.807) is 13.8 Å². The molecule has 0 aromatic heterocycles. The molecule has 1 saturated heterocycles. The van der Waals surface area contributed by atoms with Crippen LogP contribution < -0.4 is 4.90 Å². The number of aliphatic hydroxyl groups excluding tert-OH is 1. The van der Waals surface area contributed by atoms with Crippen molar-refractivity contribution in [2.45, 2.75) is 38.8 Å². The molecule has 1 fully saturated rings. The minimum atomic E-state index is -0.663. The van der Waals surface area contributed by atoms with Gasteiger partial charge < -0.3 is 14.9 Å². The Balaban J connectivity index is 2.24. The van der Waals surface area contributed by atoms with Gasteiger partial charge in [0, 0.05) is 30.9 Å². The SMILES string of the molecule is Cc1cc(N(C)CC2CCCN2C)c(C(C)O)cc1F. The molecule has 1 heterocycles. The quantitative estimate of drug-likeness (QED) is 0.918. The van der Waals surface area contributed by atoms with E-state index in [1.807, 2.05) is 13.1 Å². The number of hydrogen-bond acceptors (Lipinski definition) is 3. The second-order valence-electron chi connectivity index (χ2n) is 5.99. The number of nitrogens with zero attached hydrogens (tertiary/aromatic N) is 2. The van der Waals surface area contributed by atoms with Crippen LogP contribution in [-0.2, 0) is 0 Å². The number of aliphatic hydroxyl groups is 1. The van der Waals surface area contributed by atoms with Crippen LogP contribution in [0.4, 0.5) is 10.1 Å². The van der Waals surface area contributed by atoms with Crippen molar-refractivity contribution in [1.82, 2.24) is 4.90 Å². The van der Waals surface area contributed by atoms with Crippen molar-refractivity contribution in [2.75, 3.05) is 32.1 Å². The molecule has 2 atom stereocenters. The van der Waals surface area contributed by atoms with Gasteiger partial charge in [0.25, 0.3) is 0 Å². The first-order valence-corrected chi connectivity index (χ1v) is 7.29. The van der Waals surface area contributed by atoms with Crippen molar-refractivity contribution in [2.24, 2.45) is 0 Å². The molecule has 0 bridgehead atoms. The summed E-state index contributed by atoms with van der Waals surface area (Å²) >= 11 is 0. The zero-order valence-electron chi connectivity index (χ0n) is 12.9. The van der Waals surface area contributed by atoms with Gasteiger partial charge >= 0.3 is 0 Å². The van der Waals surface area contributed by atoms with Crippen LogP contribution in [0.2, 0.25) is 0 Å². The van der Waals surface area contributed by atoms with E-state index < -0.39 is 6.10 Å². The van der Waals surface area contributed by atoms with Gasteiger partial charge in [-0.1, -0.05) is 0 Å². The highest BCUT2D eigenvalue weighted by atomic mass is 19.1. The lowest BCUT2D eigenvalue weighted by Crippen LogP contribution is -2.37. The standard InChI is InChI=1S/C16H25FN2O/c1-11-8-16(14(12(2)20)9-15(11)17)19(4)10-13-6-5-7-18(13)3/h8-9,12-13,20H,5-7,10H2,1-4H3. The highest BCUT2D eigenvalue weighted by Crippen LogP contribution is 2.29. The van der Waals surface area contributed by atoms with Gasteiger partial charge in [-0.05, 0) is 58.0 Å². The predicted molar refractivity (Wildman–Crippen MR) is 80.7 cm³/mol. The zero-order valence-corrected chi connectivity index (χ0v) is 12.9. The Morgan fingerprint density at radius 3 is 2.75 bits per heavy atom. The largest absolute Gasteiger partial charge is 0.389 e. The van der Waals surface area contributed by atoms with E-state index in [1.165, 1.54) is 18.9 Å². The third-order valence-electron chi connectivity index (χ3n) is 4.33. The third kappa shape index (κ3) is 3.13. The lowest BCUT2D eigenvalue weighted by atomic mass is 10.0. The van der Waals surface area contributed by atoms with Crippen molar-refractivity contribution < 1.29 is 9.50 Å². The fourth-order valence-corrected chi connectivity index (χ4v) is 2.97. The minimum absolute atomic E-state index is 0.254. The van der Waals surface area contributed by atoms with Crippen LogP contribution in [0.15, 0.2) is 12.1 Å². The first-order chi connectivity index (χ1) is 9.40. The number of aryl methyl sites for hydroxylation is 1. The van der Waals surface area contributed by atoms with Gasteiger partial charge in [0.2, 0.25) is 0 Å². The van der Waals surface area contributed by atoms with E-state index >= 15 is 0 Å². The Labute approximate surface area is 121 Å². The molecule has 0 spiro atoms. The highest BCUT2D eigenvalue weighted by Gasteiger charge is 2.24. The Kier molecular flexibility index (Phi) is 4.66. The number of likely N-dealkylation sites (tertiary alicyclic amines) is 1. The number of rotatable bonds is 4. The van der Waals surface area contributed by atoms with E-state index in [0.29, 0.717) is 17.2 Å². The molecule has 1 N–H and O–H groups in total. The molecular formula is C16H25FN2O. The summed E-state index contributed by atoms with van der Waals surface area (Å²) in [5, 5.41) is 9.88. The van der Waals surface area contributed by atoms with E-state index in [4.69, 9.17) is 0 Å². The minimum Gasteiger partial charge on any atom is -0.389 e. The van der Waals surface area contributed by atoms with Gasteiger partial charge in [-0.2, -0.15) is 0 Å². The normalized spacial score (nSPS) is 21.2. The molecule has 0 radical (unpaired) electrons. The lowest BCUT2D eigenvalue weighted by molar-refractivity contribution is 0.199. The number of benzene rings is 1. The summed E-state index contributed by atoms with van der Waals surface area (Å²) in [6.07, 6.45) is 1.77. The molecule has 2 rings (SSSR count). The Morgan fingerprint density at radius 1 is 1.50 bits per heavy atom. The molecular weight excluding hydrogens is 255 g/mol. The average Bonchev–Trinajstić information content (AvgIpc) is 2.77. The summed E-state index contributed by atoms with van der Waals surface area (Å²) in [7, 11) is 4.17. The molecule has 4 heteroatoms. The van der Waals surface area contributed by atoms with Crippen LogP contribution in [0.3, 0.4) is 0 Å². The van der Waals surface area contributed by atoms with E-state index in [0.717, 1.165) is 18.8 Å². The van der Waals surface area contributed by atoms with Crippen molar-refractivity contribution in [3.63, 3.8) is 0 Å². The molecule has 1 aromatic carbocycles. The maximum absolute atomic E-state index is 13.7. The van der Waals surface area contributed by atoms with Crippen LogP contribution in [0.25, 0.3) is 0 Å². The van der Waals surface area contributed by atoms with Gasteiger partial charge in [-0.25, -0.2) is 4.39 Å². The van der Waals surface area contributed by atoms with Gasteiger partial charge in [0.05, 0.1) is 6.10 Å². The summed E-state index contributed by atoms with van der Waals surface area (Å²) in [5.74, 6) is -0.254. The average molecular weight is 280 g/mol. The van der Waals surface area contributed by atoms with Gasteiger partial charge in [-0.15, -0.1) is 0 Å². The van der Waals surface area contributed by atoms with Gasteiger partial charge in [0.1, 0.15) is 5.82 Å². The number of halogens is 1. The zero-order chi connectivity index (χ0) is 14.9. The van der Waals surface area contributed by atoms with Crippen molar-refractivity contribution in [1.29, 1.82) is 0 Å². The second-order valence-corrected chi connectivity index (χ2v) is 5.99. The van der Waals surface area contributed by atoms with E-state index in [9.17, 15) is 9.50 Å². The van der Waals surface area contributed by atoms with Gasteiger partial charge in [0.15, 0.2) is 0 Å². The first-order valence-electron chi connectivity index (χ1n) is 7.29. The molecule has 2 unspecified atom stereocenters. The monoisotopic (exact) mass is 280 g/mol. The molecule has 1 aromatic rings. The summed E-state index contributed by atoms with van der Waals surface area (Å²) in [6.45, 7) is 5.49. The third-order valence-corrected chi connectivity index (χ3v) is 4.33. The first kappa shape index (κ1) is 15.3. The fourth-order valence-electron chi connectivity index (χ4n) is 2.97. The topological polar surface area (TPSA) is 26.7 Å². The Hall–Kier alpha value is -1.13. The number of likely N-dealkylation sites (N-methyl/N-ethyl adjacent to an activating group) is 2. The molecule has 1 aliphatic heterocycles. The summed E-state index contributed by atoms with van der Waals surface area (Å²) < 4.78 is 13.7. The maximum Gasteiger partial charge on any atom is 0.126 e. The van der Waals surface area contributed by atoms with Crippen LogP contribution >= 0.6 is 0 Å². The molecule has 0 aliphatic carbocycles. The van der Waals surface area contributed by atoms with Crippen LogP contribution in [0, 0.1) is 12.7 Å².